The lowest BCUT2D eigenvalue weighted by Crippen LogP contribution is -2.40. The molecule has 1 fully saturated rings. The number of rotatable bonds is 6. The van der Waals surface area contributed by atoms with Crippen LogP contribution in [0.4, 0.5) is 21.9 Å². The van der Waals surface area contributed by atoms with Gasteiger partial charge in [0.25, 0.3) is 0 Å². The quantitative estimate of drug-likeness (QED) is 0.404. The molecule has 1 saturated heterocycles. The molecule has 3 aromatic rings. The van der Waals surface area contributed by atoms with Gasteiger partial charge in [0.15, 0.2) is 0 Å². The SMILES string of the molecule is Cc1ccc(NC(=O)Nc2ccccc2)cc1NC(=O)C1CCN(C(=O)/C=C/c2ccccc2)CC1. The fraction of sp³-hybridized carbons (Fsp3) is 0.207. The summed E-state index contributed by atoms with van der Waals surface area (Å²) in [5.74, 6) is -0.290. The highest BCUT2D eigenvalue weighted by Gasteiger charge is 2.27. The molecule has 0 saturated carbocycles. The lowest BCUT2D eigenvalue weighted by atomic mass is 9.95. The smallest absolute Gasteiger partial charge is 0.323 e. The monoisotopic (exact) mass is 482 g/mol. The highest BCUT2D eigenvalue weighted by Crippen LogP contribution is 2.24. The van der Waals surface area contributed by atoms with Gasteiger partial charge in [0.1, 0.15) is 0 Å². The Hall–Kier alpha value is -4.39. The van der Waals surface area contributed by atoms with Gasteiger partial charge in [0, 0.05) is 42.1 Å². The number of carbonyl (C=O) groups excluding carboxylic acids is 3. The van der Waals surface area contributed by atoms with Crippen molar-refractivity contribution in [2.45, 2.75) is 19.8 Å². The fourth-order valence-electron chi connectivity index (χ4n) is 4.08. The third-order valence-corrected chi connectivity index (χ3v) is 6.18. The molecule has 0 unspecified atom stereocenters. The Morgan fingerprint density at radius 1 is 0.806 bits per heavy atom. The number of hydrogen-bond donors (Lipinski definition) is 3. The average Bonchev–Trinajstić information content (AvgIpc) is 2.90. The van der Waals surface area contributed by atoms with Gasteiger partial charge in [-0.2, -0.15) is 0 Å². The first-order valence-corrected chi connectivity index (χ1v) is 12.0. The number of anilines is 3. The topological polar surface area (TPSA) is 90.5 Å². The molecule has 1 heterocycles. The molecule has 7 heteroatoms. The van der Waals surface area contributed by atoms with E-state index in [1.165, 1.54) is 0 Å². The zero-order valence-electron chi connectivity index (χ0n) is 20.2. The Labute approximate surface area is 211 Å². The van der Waals surface area contributed by atoms with Gasteiger partial charge >= 0.3 is 6.03 Å². The predicted molar refractivity (Wildman–Crippen MR) is 144 cm³/mol. The van der Waals surface area contributed by atoms with Crippen molar-refractivity contribution in [2.75, 3.05) is 29.0 Å². The van der Waals surface area contributed by atoms with E-state index < -0.39 is 0 Å². The van der Waals surface area contributed by atoms with Crippen molar-refractivity contribution in [3.8, 4) is 0 Å². The number of aryl methyl sites for hydroxylation is 1. The first-order chi connectivity index (χ1) is 17.5. The minimum absolute atomic E-state index is 0.0406. The van der Waals surface area contributed by atoms with Crippen LogP contribution in [-0.4, -0.2) is 35.8 Å². The molecule has 3 aromatic carbocycles. The Morgan fingerprint density at radius 2 is 1.44 bits per heavy atom. The number of hydrogen-bond acceptors (Lipinski definition) is 3. The number of nitrogens with zero attached hydrogens (tertiary/aromatic N) is 1. The minimum Gasteiger partial charge on any atom is -0.339 e. The fourth-order valence-corrected chi connectivity index (χ4v) is 4.08. The van der Waals surface area contributed by atoms with Crippen molar-refractivity contribution in [2.24, 2.45) is 5.92 Å². The van der Waals surface area contributed by atoms with Crippen LogP contribution >= 0.6 is 0 Å². The van der Waals surface area contributed by atoms with Crippen molar-refractivity contribution in [3.63, 3.8) is 0 Å². The van der Waals surface area contributed by atoms with Gasteiger partial charge in [-0.1, -0.05) is 54.6 Å². The minimum atomic E-state index is -0.360. The Balaban J connectivity index is 1.29. The van der Waals surface area contributed by atoms with Crippen molar-refractivity contribution in [1.82, 2.24) is 4.90 Å². The highest BCUT2D eigenvalue weighted by molar-refractivity contribution is 6.01. The maximum absolute atomic E-state index is 13.0. The zero-order chi connectivity index (χ0) is 25.3. The molecule has 184 valence electrons. The van der Waals surface area contributed by atoms with E-state index in [4.69, 9.17) is 0 Å². The molecular weight excluding hydrogens is 452 g/mol. The second-order valence-corrected chi connectivity index (χ2v) is 8.81. The predicted octanol–water partition coefficient (Wildman–Crippen LogP) is 5.53. The maximum Gasteiger partial charge on any atom is 0.323 e. The van der Waals surface area contributed by atoms with Crippen molar-refractivity contribution in [3.05, 3.63) is 96.1 Å². The molecular formula is C29H30N4O3. The van der Waals surface area contributed by atoms with Crippen molar-refractivity contribution >= 4 is 41.0 Å². The van der Waals surface area contributed by atoms with Gasteiger partial charge < -0.3 is 20.9 Å². The summed E-state index contributed by atoms with van der Waals surface area (Å²) in [6.07, 6.45) is 4.61. The molecule has 1 aliphatic rings. The lowest BCUT2D eigenvalue weighted by Gasteiger charge is -2.30. The van der Waals surface area contributed by atoms with Crippen LogP contribution in [0.5, 0.6) is 0 Å². The van der Waals surface area contributed by atoms with E-state index in [2.05, 4.69) is 16.0 Å². The maximum atomic E-state index is 13.0. The molecule has 4 rings (SSSR count). The van der Waals surface area contributed by atoms with E-state index >= 15 is 0 Å². The Bertz CT molecular complexity index is 1230. The second-order valence-electron chi connectivity index (χ2n) is 8.81. The summed E-state index contributed by atoms with van der Waals surface area (Å²) < 4.78 is 0. The van der Waals surface area contributed by atoms with Crippen LogP contribution < -0.4 is 16.0 Å². The number of urea groups is 1. The van der Waals surface area contributed by atoms with Crippen LogP contribution in [0.25, 0.3) is 6.08 Å². The summed E-state index contributed by atoms with van der Waals surface area (Å²) >= 11 is 0. The summed E-state index contributed by atoms with van der Waals surface area (Å²) in [7, 11) is 0. The number of nitrogens with one attached hydrogen (secondary N) is 3. The summed E-state index contributed by atoms with van der Waals surface area (Å²) in [4.78, 5) is 39.6. The molecule has 0 bridgehead atoms. The molecule has 1 aliphatic heterocycles. The van der Waals surface area contributed by atoms with Gasteiger partial charge in [0.2, 0.25) is 11.8 Å². The molecule has 0 aliphatic carbocycles. The molecule has 0 spiro atoms. The molecule has 0 atom stereocenters. The number of likely N-dealkylation sites (tertiary alicyclic amines) is 1. The van der Waals surface area contributed by atoms with E-state index in [0.717, 1.165) is 11.1 Å². The van der Waals surface area contributed by atoms with Crippen LogP contribution in [-0.2, 0) is 9.59 Å². The Morgan fingerprint density at radius 3 is 2.14 bits per heavy atom. The van der Waals surface area contributed by atoms with Gasteiger partial charge in [0.05, 0.1) is 0 Å². The zero-order valence-corrected chi connectivity index (χ0v) is 20.2. The summed E-state index contributed by atoms with van der Waals surface area (Å²) in [5, 5.41) is 8.58. The largest absolute Gasteiger partial charge is 0.339 e. The lowest BCUT2D eigenvalue weighted by molar-refractivity contribution is -0.130. The van der Waals surface area contributed by atoms with E-state index in [-0.39, 0.29) is 23.8 Å². The van der Waals surface area contributed by atoms with Crippen LogP contribution in [0.15, 0.2) is 84.9 Å². The van der Waals surface area contributed by atoms with Crippen molar-refractivity contribution < 1.29 is 14.4 Å². The van der Waals surface area contributed by atoms with Crippen LogP contribution in [0.3, 0.4) is 0 Å². The summed E-state index contributed by atoms with van der Waals surface area (Å²) in [5.41, 5.74) is 3.80. The molecule has 0 radical (unpaired) electrons. The number of para-hydroxylation sites is 1. The Kier molecular flexibility index (Phi) is 8.13. The number of piperidine rings is 1. The van der Waals surface area contributed by atoms with E-state index in [0.29, 0.717) is 43.0 Å². The van der Waals surface area contributed by atoms with Crippen LogP contribution in [0.1, 0.15) is 24.0 Å². The van der Waals surface area contributed by atoms with Crippen LogP contribution in [0.2, 0.25) is 0 Å². The average molecular weight is 483 g/mol. The number of carbonyl (C=O) groups is 3. The summed E-state index contributed by atoms with van der Waals surface area (Å²) in [6.45, 7) is 2.98. The standard InChI is InChI=1S/C29H30N4O3/c1-21-12-14-25(31-29(36)30-24-10-6-3-7-11-24)20-26(21)32-28(35)23-16-18-33(19-17-23)27(34)15-13-22-8-4-2-5-9-22/h2-15,20,23H,16-19H2,1H3,(H,32,35)(H2,30,31,36)/b15-13+. The van der Waals surface area contributed by atoms with Gasteiger partial charge in [-0.25, -0.2) is 4.79 Å². The third-order valence-electron chi connectivity index (χ3n) is 6.18. The first kappa shape index (κ1) is 24.7. The molecule has 4 amide bonds. The van der Waals surface area contributed by atoms with E-state index in [9.17, 15) is 14.4 Å². The van der Waals surface area contributed by atoms with Gasteiger partial charge in [-0.05, 0) is 61.2 Å². The number of amides is 4. The highest BCUT2D eigenvalue weighted by atomic mass is 16.2. The summed E-state index contributed by atoms with van der Waals surface area (Å²) in [6, 6.07) is 23.9. The second kappa shape index (κ2) is 11.8. The van der Waals surface area contributed by atoms with Gasteiger partial charge in [-0.15, -0.1) is 0 Å². The normalized spacial score (nSPS) is 13.9. The van der Waals surface area contributed by atoms with Crippen molar-refractivity contribution in [1.29, 1.82) is 0 Å². The molecule has 36 heavy (non-hydrogen) atoms. The number of benzene rings is 3. The third kappa shape index (κ3) is 6.82. The molecule has 3 N–H and O–H groups in total. The molecule has 0 aromatic heterocycles. The first-order valence-electron chi connectivity index (χ1n) is 12.0. The van der Waals surface area contributed by atoms with E-state index in [1.54, 1.807) is 35.2 Å². The van der Waals surface area contributed by atoms with Gasteiger partial charge in [-0.3, -0.25) is 9.59 Å². The van der Waals surface area contributed by atoms with E-state index in [1.807, 2.05) is 67.6 Å². The van der Waals surface area contributed by atoms with Crippen LogP contribution in [0, 0.1) is 12.8 Å². The molecule has 7 nitrogen and oxygen atoms in total.